The van der Waals surface area contributed by atoms with E-state index >= 15 is 0 Å². The Hall–Kier alpha value is -2.97. The van der Waals surface area contributed by atoms with Crippen molar-refractivity contribution in [3.05, 3.63) is 59.8 Å². The molecule has 0 saturated carbocycles. The van der Waals surface area contributed by atoms with Crippen molar-refractivity contribution in [2.75, 3.05) is 32.1 Å². The fourth-order valence-electron chi connectivity index (χ4n) is 3.74. The maximum atomic E-state index is 13.3. The number of hydrogen-bond acceptors (Lipinski definition) is 6. The van der Waals surface area contributed by atoms with Crippen molar-refractivity contribution >= 4 is 32.6 Å². The fourth-order valence-corrected chi connectivity index (χ4v) is 4.67. The Morgan fingerprint density at radius 3 is 2.52 bits per heavy atom. The van der Waals surface area contributed by atoms with E-state index in [2.05, 4.69) is 9.88 Å². The summed E-state index contributed by atoms with van der Waals surface area (Å²) in [5, 5.41) is 0.861. The minimum atomic E-state index is -3.69. The van der Waals surface area contributed by atoms with Crippen LogP contribution >= 0.6 is 0 Å². The van der Waals surface area contributed by atoms with Crippen LogP contribution in [0, 0.1) is 6.92 Å². The summed E-state index contributed by atoms with van der Waals surface area (Å²) >= 11 is 0. The monoisotopic (exact) mass is 439 g/mol. The molecule has 2 heterocycles. The van der Waals surface area contributed by atoms with Gasteiger partial charge in [-0.1, -0.05) is 18.2 Å². The number of pyridine rings is 1. The lowest BCUT2D eigenvalue weighted by Gasteiger charge is -2.22. The largest absolute Gasteiger partial charge is 0.421 e. The third-order valence-electron chi connectivity index (χ3n) is 5.44. The third-order valence-corrected chi connectivity index (χ3v) is 7.25. The zero-order valence-corrected chi connectivity index (χ0v) is 18.6. The Morgan fingerprint density at radius 2 is 1.81 bits per heavy atom. The van der Waals surface area contributed by atoms with Crippen LogP contribution in [-0.4, -0.2) is 50.9 Å². The summed E-state index contributed by atoms with van der Waals surface area (Å²) in [5.41, 5.74) is 2.32. The average molecular weight is 440 g/mol. The maximum Gasteiger partial charge on any atom is 0.345 e. The summed E-state index contributed by atoms with van der Waals surface area (Å²) in [4.78, 5) is 19.9. The van der Waals surface area contributed by atoms with Crippen LogP contribution in [0.4, 0.5) is 5.69 Å². The molecule has 7 nitrogen and oxygen atoms in total. The number of ether oxygens (including phenoxy) is 1. The van der Waals surface area contributed by atoms with E-state index in [4.69, 9.17) is 4.74 Å². The van der Waals surface area contributed by atoms with Gasteiger partial charge in [-0.15, -0.1) is 0 Å². The molecule has 0 bridgehead atoms. The van der Waals surface area contributed by atoms with Gasteiger partial charge in [0.05, 0.1) is 16.1 Å². The quantitative estimate of drug-likeness (QED) is 0.446. The molecule has 162 valence electrons. The highest BCUT2D eigenvalue weighted by atomic mass is 32.2. The smallest absolute Gasteiger partial charge is 0.345 e. The van der Waals surface area contributed by atoms with E-state index in [0.717, 1.165) is 41.3 Å². The van der Waals surface area contributed by atoms with Gasteiger partial charge in [0.2, 0.25) is 10.0 Å². The van der Waals surface area contributed by atoms with Crippen LogP contribution in [0.3, 0.4) is 0 Å². The molecule has 4 rings (SSSR count). The Kier molecular flexibility index (Phi) is 5.68. The Balaban J connectivity index is 1.78. The van der Waals surface area contributed by atoms with Gasteiger partial charge in [-0.2, -0.15) is 0 Å². The van der Waals surface area contributed by atoms with Gasteiger partial charge >= 0.3 is 5.97 Å². The van der Waals surface area contributed by atoms with Crippen molar-refractivity contribution in [3.63, 3.8) is 0 Å². The molecule has 8 heteroatoms. The molecule has 1 saturated heterocycles. The van der Waals surface area contributed by atoms with Gasteiger partial charge in [-0.25, -0.2) is 22.5 Å². The average Bonchev–Trinajstić information content (AvgIpc) is 3.28. The number of anilines is 1. The number of benzene rings is 2. The zero-order chi connectivity index (χ0) is 22.2. The summed E-state index contributed by atoms with van der Waals surface area (Å²) in [6, 6.07) is 13.9. The van der Waals surface area contributed by atoms with Crippen molar-refractivity contribution < 1.29 is 17.9 Å². The van der Waals surface area contributed by atoms with Gasteiger partial charge in [0.25, 0.3) is 0 Å². The Labute approximate surface area is 182 Å². The SMILES string of the molecule is Cc1ccc2cccc(OC(=O)c3cc(S(=O)(=O)N(C)C)ccc3N3CCCC3)c2n1. The first-order chi connectivity index (χ1) is 14.8. The van der Waals surface area contributed by atoms with Gasteiger partial charge in [-0.3, -0.25) is 0 Å². The number of carbonyl (C=O) groups excluding carboxylic acids is 1. The van der Waals surface area contributed by atoms with Crippen LogP contribution < -0.4 is 9.64 Å². The lowest BCUT2D eigenvalue weighted by Crippen LogP contribution is -2.25. The van der Waals surface area contributed by atoms with Crippen LogP contribution in [0.1, 0.15) is 28.9 Å². The van der Waals surface area contributed by atoms with E-state index in [-0.39, 0.29) is 10.5 Å². The van der Waals surface area contributed by atoms with Gasteiger partial charge in [-0.05, 0) is 50.1 Å². The highest BCUT2D eigenvalue weighted by Gasteiger charge is 2.26. The van der Waals surface area contributed by atoms with Gasteiger partial charge < -0.3 is 9.64 Å². The first kappa shape index (κ1) is 21.3. The molecule has 0 N–H and O–H groups in total. The summed E-state index contributed by atoms with van der Waals surface area (Å²) in [6.45, 7) is 3.50. The third kappa shape index (κ3) is 4.13. The first-order valence-corrected chi connectivity index (χ1v) is 11.6. The number of esters is 1. The normalized spacial score (nSPS) is 14.4. The maximum absolute atomic E-state index is 13.3. The van der Waals surface area contributed by atoms with Crippen molar-refractivity contribution in [2.45, 2.75) is 24.7 Å². The summed E-state index contributed by atoms with van der Waals surface area (Å²) in [5.74, 6) is -0.257. The number of hydrogen-bond donors (Lipinski definition) is 0. The van der Waals surface area contributed by atoms with E-state index < -0.39 is 16.0 Å². The Bertz CT molecular complexity index is 1250. The second-order valence-electron chi connectivity index (χ2n) is 7.83. The molecule has 1 aliphatic rings. The number of fused-ring (bicyclic) bond motifs is 1. The first-order valence-electron chi connectivity index (χ1n) is 10.2. The molecule has 0 spiro atoms. The van der Waals surface area contributed by atoms with Gasteiger partial charge in [0, 0.05) is 38.3 Å². The molecular formula is C23H25N3O4S. The number of carbonyl (C=O) groups is 1. The molecule has 31 heavy (non-hydrogen) atoms. The van der Waals surface area contributed by atoms with E-state index in [0.29, 0.717) is 17.0 Å². The molecular weight excluding hydrogens is 414 g/mol. The number of para-hydroxylation sites is 1. The molecule has 1 aliphatic heterocycles. The van der Waals surface area contributed by atoms with E-state index in [1.54, 1.807) is 24.3 Å². The summed E-state index contributed by atoms with van der Waals surface area (Å²) in [7, 11) is -0.763. The highest BCUT2D eigenvalue weighted by molar-refractivity contribution is 7.89. The molecule has 0 radical (unpaired) electrons. The molecule has 0 aliphatic carbocycles. The number of sulfonamides is 1. The summed E-state index contributed by atoms with van der Waals surface area (Å²) < 4.78 is 32.2. The van der Waals surface area contributed by atoms with Gasteiger partial charge in [0.1, 0.15) is 5.52 Å². The molecule has 3 aromatic rings. The van der Waals surface area contributed by atoms with Crippen molar-refractivity contribution in [1.29, 1.82) is 0 Å². The standard InChI is InChI=1S/C23H25N3O4S/c1-16-9-10-17-7-6-8-21(22(17)24-16)30-23(27)19-15-18(31(28,29)25(2)3)11-12-20(19)26-13-4-5-14-26/h6-12,15H,4-5,13-14H2,1-3H3. The van der Waals surface area contributed by atoms with Crippen LogP contribution in [0.2, 0.25) is 0 Å². The molecule has 2 aromatic carbocycles. The number of aryl methyl sites for hydroxylation is 1. The topological polar surface area (TPSA) is 79.8 Å². The van der Waals surface area contributed by atoms with Crippen molar-refractivity contribution in [1.82, 2.24) is 9.29 Å². The number of rotatable bonds is 5. The molecule has 0 amide bonds. The predicted octanol–water partition coefficient (Wildman–Crippen LogP) is 3.61. The van der Waals surface area contributed by atoms with E-state index in [9.17, 15) is 13.2 Å². The van der Waals surface area contributed by atoms with E-state index in [1.165, 1.54) is 20.2 Å². The predicted molar refractivity (Wildman–Crippen MR) is 120 cm³/mol. The van der Waals surface area contributed by atoms with Crippen LogP contribution in [-0.2, 0) is 10.0 Å². The second-order valence-corrected chi connectivity index (χ2v) is 9.98. The highest BCUT2D eigenvalue weighted by Crippen LogP contribution is 2.31. The molecule has 1 aromatic heterocycles. The van der Waals surface area contributed by atoms with Crippen molar-refractivity contribution in [3.8, 4) is 5.75 Å². The Morgan fingerprint density at radius 1 is 1.06 bits per heavy atom. The lowest BCUT2D eigenvalue weighted by molar-refractivity contribution is 0.0737. The lowest BCUT2D eigenvalue weighted by atomic mass is 10.1. The van der Waals surface area contributed by atoms with E-state index in [1.807, 2.05) is 25.1 Å². The van der Waals surface area contributed by atoms with Crippen molar-refractivity contribution in [2.24, 2.45) is 0 Å². The number of aromatic nitrogens is 1. The fraction of sp³-hybridized carbons (Fsp3) is 0.304. The molecule has 1 fully saturated rings. The van der Waals surface area contributed by atoms with Crippen LogP contribution in [0.5, 0.6) is 5.75 Å². The minimum Gasteiger partial charge on any atom is -0.421 e. The van der Waals surface area contributed by atoms with Crippen LogP contribution in [0.25, 0.3) is 10.9 Å². The molecule has 0 atom stereocenters. The van der Waals surface area contributed by atoms with Crippen LogP contribution in [0.15, 0.2) is 53.4 Å². The second kappa shape index (κ2) is 8.28. The summed E-state index contributed by atoms with van der Waals surface area (Å²) in [6.07, 6.45) is 2.05. The molecule has 0 unspecified atom stereocenters. The minimum absolute atomic E-state index is 0.0549. The zero-order valence-electron chi connectivity index (χ0n) is 17.8. The number of nitrogens with zero attached hydrogens (tertiary/aromatic N) is 3. The van der Waals surface area contributed by atoms with Gasteiger partial charge in [0.15, 0.2) is 5.75 Å².